The molecule has 0 aliphatic rings. The number of thiophene rings is 1. The van der Waals surface area contributed by atoms with Crippen molar-refractivity contribution in [2.75, 3.05) is 0 Å². The second-order valence-corrected chi connectivity index (χ2v) is 14.4. The van der Waals surface area contributed by atoms with Gasteiger partial charge in [-0.25, -0.2) is 9.97 Å². The maximum Gasteiger partial charge on any atom is 0.168 e. The Hall–Kier alpha value is -6.76. The second-order valence-electron chi connectivity index (χ2n) is 13.3. The number of hydrogen-bond donors (Lipinski definition) is 0. The molecular formula is C46H26N4OS. The fourth-order valence-corrected chi connectivity index (χ4v) is 9.48. The number of aromatic nitrogens is 4. The minimum absolute atomic E-state index is 0.620. The molecule has 0 saturated heterocycles. The van der Waals surface area contributed by atoms with Gasteiger partial charge < -0.3 is 8.98 Å². The normalized spacial score (nSPS) is 12.2. The number of hydrogen-bond acceptors (Lipinski definition) is 4. The van der Waals surface area contributed by atoms with Crippen LogP contribution in [0.2, 0.25) is 0 Å². The predicted molar refractivity (Wildman–Crippen MR) is 216 cm³/mol. The predicted octanol–water partition coefficient (Wildman–Crippen LogP) is 12.6. The average Bonchev–Trinajstić information content (AvgIpc) is 3.95. The first-order valence-corrected chi connectivity index (χ1v) is 18.2. The van der Waals surface area contributed by atoms with Crippen molar-refractivity contribution in [3.05, 3.63) is 158 Å². The van der Waals surface area contributed by atoms with Crippen LogP contribution in [0.3, 0.4) is 0 Å². The molecule has 52 heavy (non-hydrogen) atoms. The van der Waals surface area contributed by atoms with E-state index in [0.717, 1.165) is 76.7 Å². The van der Waals surface area contributed by atoms with Gasteiger partial charge in [0.1, 0.15) is 11.2 Å². The molecule has 12 aromatic rings. The molecular weight excluding hydrogens is 657 g/mol. The standard InChI is InChI=1S/C46H26N4OS/c1-7-19-34-27(13-1)28-14-2-8-20-35(28)49(34)38-26-25-32-31-17-5-11-23-39(31)51-43(32)41(38)45-47-42-33-18-6-12-24-40(33)52-44(42)46(48-45)50-36-21-9-3-15-29(36)30-16-4-10-22-37(30)50/h1-26H. The van der Waals surface area contributed by atoms with E-state index >= 15 is 0 Å². The maximum atomic E-state index is 6.86. The fraction of sp³-hybridized carbons (Fsp3) is 0. The Bertz CT molecular complexity index is 3330. The molecule has 0 fully saturated rings. The lowest BCUT2D eigenvalue weighted by atomic mass is 10.1. The van der Waals surface area contributed by atoms with E-state index in [4.69, 9.17) is 14.4 Å². The minimum atomic E-state index is 0.620. The summed E-state index contributed by atoms with van der Waals surface area (Å²) < 4.78 is 13.8. The van der Waals surface area contributed by atoms with Gasteiger partial charge >= 0.3 is 0 Å². The van der Waals surface area contributed by atoms with E-state index in [1.807, 2.05) is 12.1 Å². The second kappa shape index (κ2) is 10.4. The van der Waals surface area contributed by atoms with Crippen molar-refractivity contribution in [1.82, 2.24) is 19.1 Å². The van der Waals surface area contributed by atoms with Crippen molar-refractivity contribution in [3.8, 4) is 22.9 Å². The molecule has 0 atom stereocenters. The van der Waals surface area contributed by atoms with E-state index in [-0.39, 0.29) is 0 Å². The number of fused-ring (bicyclic) bond motifs is 12. The Labute approximate surface area is 300 Å². The van der Waals surface area contributed by atoms with Gasteiger partial charge in [0.25, 0.3) is 0 Å². The third-order valence-electron chi connectivity index (χ3n) is 10.6. The lowest BCUT2D eigenvalue weighted by Gasteiger charge is -2.15. The summed E-state index contributed by atoms with van der Waals surface area (Å²) in [4.78, 5) is 11.2. The molecule has 0 radical (unpaired) electrons. The topological polar surface area (TPSA) is 48.8 Å². The molecule has 0 unspecified atom stereocenters. The minimum Gasteiger partial charge on any atom is -0.455 e. The quantitative estimate of drug-likeness (QED) is 0.186. The molecule has 5 aromatic heterocycles. The smallest absolute Gasteiger partial charge is 0.168 e. The van der Waals surface area contributed by atoms with E-state index in [9.17, 15) is 0 Å². The van der Waals surface area contributed by atoms with Crippen LogP contribution in [-0.2, 0) is 0 Å². The van der Waals surface area contributed by atoms with Gasteiger partial charge in [-0.05, 0) is 48.5 Å². The third kappa shape index (κ3) is 3.71. The van der Waals surface area contributed by atoms with E-state index in [2.05, 4.69) is 155 Å². The summed E-state index contributed by atoms with van der Waals surface area (Å²) in [6.45, 7) is 0. The first-order valence-electron chi connectivity index (χ1n) is 17.4. The molecule has 0 N–H and O–H groups in total. The molecule has 0 saturated carbocycles. The SMILES string of the molecule is c1ccc2c(c1)oc1c(-c3nc(-n4c5ccccc5c5ccccc54)c4sc5ccccc5c4n3)c(-n3c4ccccc4c4ccccc43)ccc12. The van der Waals surface area contributed by atoms with Gasteiger partial charge in [-0.2, -0.15) is 0 Å². The van der Waals surface area contributed by atoms with Crippen LogP contribution in [0.15, 0.2) is 162 Å². The molecule has 0 aliphatic carbocycles. The lowest BCUT2D eigenvalue weighted by Crippen LogP contribution is -2.04. The van der Waals surface area contributed by atoms with E-state index in [1.165, 1.54) is 26.2 Å². The fourth-order valence-electron chi connectivity index (χ4n) is 8.35. The lowest BCUT2D eigenvalue weighted by molar-refractivity contribution is 0.669. The number of rotatable bonds is 3. The summed E-state index contributed by atoms with van der Waals surface area (Å²) >= 11 is 1.75. The Morgan fingerprint density at radius 3 is 1.60 bits per heavy atom. The zero-order valence-corrected chi connectivity index (χ0v) is 28.4. The van der Waals surface area contributed by atoms with Crippen molar-refractivity contribution in [1.29, 1.82) is 0 Å². The van der Waals surface area contributed by atoms with Crippen LogP contribution in [0, 0.1) is 0 Å². The zero-order chi connectivity index (χ0) is 33.9. The number of furan rings is 1. The third-order valence-corrected chi connectivity index (χ3v) is 11.7. The van der Waals surface area contributed by atoms with E-state index in [0.29, 0.717) is 5.82 Å². The highest BCUT2D eigenvalue weighted by molar-refractivity contribution is 7.26. The molecule has 12 rings (SSSR count). The molecule has 5 nitrogen and oxygen atoms in total. The summed E-state index contributed by atoms with van der Waals surface area (Å²) in [5.74, 6) is 1.48. The van der Waals surface area contributed by atoms with Gasteiger partial charge in [-0.15, -0.1) is 11.3 Å². The molecule has 0 bridgehead atoms. The monoisotopic (exact) mass is 682 g/mol. The molecule has 6 heteroatoms. The molecule has 0 spiro atoms. The van der Waals surface area contributed by atoms with Crippen molar-refractivity contribution >= 4 is 97.2 Å². The van der Waals surface area contributed by atoms with Crippen LogP contribution in [0.4, 0.5) is 0 Å². The average molecular weight is 683 g/mol. The van der Waals surface area contributed by atoms with Gasteiger partial charge in [0.05, 0.1) is 43.5 Å². The summed E-state index contributed by atoms with van der Waals surface area (Å²) in [5, 5.41) is 7.99. The first-order chi connectivity index (χ1) is 25.8. The van der Waals surface area contributed by atoms with Crippen LogP contribution in [-0.4, -0.2) is 19.1 Å². The highest BCUT2D eigenvalue weighted by Crippen LogP contribution is 2.45. The zero-order valence-electron chi connectivity index (χ0n) is 27.6. The van der Waals surface area contributed by atoms with Crippen LogP contribution < -0.4 is 0 Å². The van der Waals surface area contributed by atoms with Gasteiger partial charge in [-0.1, -0.05) is 109 Å². The van der Waals surface area contributed by atoms with Gasteiger partial charge in [0, 0.05) is 42.4 Å². The summed E-state index contributed by atoms with van der Waals surface area (Å²) in [6.07, 6.45) is 0. The van der Waals surface area contributed by atoms with Crippen molar-refractivity contribution in [2.24, 2.45) is 0 Å². The Balaban J connectivity index is 1.29. The Morgan fingerprint density at radius 2 is 0.962 bits per heavy atom. The van der Waals surface area contributed by atoms with Crippen molar-refractivity contribution < 1.29 is 4.42 Å². The van der Waals surface area contributed by atoms with Gasteiger partial charge in [-0.3, -0.25) is 4.57 Å². The van der Waals surface area contributed by atoms with E-state index in [1.54, 1.807) is 11.3 Å². The van der Waals surface area contributed by atoms with Crippen molar-refractivity contribution in [2.45, 2.75) is 0 Å². The van der Waals surface area contributed by atoms with Crippen LogP contribution in [0.5, 0.6) is 0 Å². The van der Waals surface area contributed by atoms with Crippen molar-refractivity contribution in [3.63, 3.8) is 0 Å². The summed E-state index contributed by atoms with van der Waals surface area (Å²) in [5.41, 5.74) is 8.82. The maximum absolute atomic E-state index is 6.86. The first kappa shape index (κ1) is 28.0. The Kier molecular flexibility index (Phi) is 5.59. The summed E-state index contributed by atoms with van der Waals surface area (Å²) in [7, 11) is 0. The number of nitrogens with zero attached hydrogens (tertiary/aromatic N) is 4. The molecule has 0 aliphatic heterocycles. The summed E-state index contributed by atoms with van der Waals surface area (Å²) in [6, 6.07) is 55.7. The Morgan fingerprint density at radius 1 is 0.442 bits per heavy atom. The van der Waals surface area contributed by atoms with Gasteiger partial charge in [0.2, 0.25) is 0 Å². The largest absolute Gasteiger partial charge is 0.455 e. The molecule has 5 heterocycles. The highest BCUT2D eigenvalue weighted by atomic mass is 32.1. The van der Waals surface area contributed by atoms with Gasteiger partial charge in [0.15, 0.2) is 11.6 Å². The van der Waals surface area contributed by atoms with Crippen LogP contribution in [0.1, 0.15) is 0 Å². The number of benzene rings is 7. The molecule has 242 valence electrons. The number of para-hydroxylation sites is 5. The van der Waals surface area contributed by atoms with Crippen LogP contribution in [0.25, 0.3) is 109 Å². The highest BCUT2D eigenvalue weighted by Gasteiger charge is 2.26. The van der Waals surface area contributed by atoms with Crippen LogP contribution >= 0.6 is 11.3 Å². The molecule has 0 amide bonds. The molecule has 7 aromatic carbocycles. The van der Waals surface area contributed by atoms with E-state index < -0.39 is 0 Å².